The number of benzene rings is 1. The number of piperazine rings is 1. The maximum absolute atomic E-state index is 12.3. The molecule has 9 nitrogen and oxygen atoms in total. The van der Waals surface area contributed by atoms with E-state index in [2.05, 4.69) is 25.5 Å². The van der Waals surface area contributed by atoms with E-state index in [-0.39, 0.29) is 11.8 Å². The first kappa shape index (κ1) is 19.7. The van der Waals surface area contributed by atoms with Crippen molar-refractivity contribution in [2.45, 2.75) is 19.4 Å². The van der Waals surface area contributed by atoms with Crippen molar-refractivity contribution in [2.75, 3.05) is 54.6 Å². The fraction of sp³-hybridized carbons (Fsp3) is 0.474. The van der Waals surface area contributed by atoms with E-state index in [4.69, 9.17) is 4.74 Å². The number of hydrogen-bond acceptors (Lipinski definition) is 8. The predicted molar refractivity (Wildman–Crippen MR) is 114 cm³/mol. The highest BCUT2D eigenvalue weighted by Crippen LogP contribution is 2.37. The van der Waals surface area contributed by atoms with Crippen LogP contribution in [0.2, 0.25) is 0 Å². The highest BCUT2D eigenvalue weighted by Gasteiger charge is 2.35. The molecule has 0 bridgehead atoms. The van der Waals surface area contributed by atoms with Crippen molar-refractivity contribution in [2.24, 2.45) is 0 Å². The third-order valence-corrected chi connectivity index (χ3v) is 7.23. The molecule has 10 heteroatoms. The van der Waals surface area contributed by atoms with E-state index in [1.807, 2.05) is 31.3 Å². The SMILES string of the molecule is CCS(=O)(=O)N1CCN2c3ccc(Nc4cc(NC)ncn4)cc3OCC[C@H]2C1. The zero-order valence-corrected chi connectivity index (χ0v) is 17.4. The summed E-state index contributed by atoms with van der Waals surface area (Å²) >= 11 is 0. The summed E-state index contributed by atoms with van der Waals surface area (Å²) < 4.78 is 32.2. The number of aromatic nitrogens is 2. The van der Waals surface area contributed by atoms with Gasteiger partial charge >= 0.3 is 0 Å². The molecule has 156 valence electrons. The molecule has 4 rings (SSSR count). The minimum absolute atomic E-state index is 0.116. The van der Waals surface area contributed by atoms with Gasteiger partial charge in [-0.2, -0.15) is 4.31 Å². The van der Waals surface area contributed by atoms with Gasteiger partial charge in [0, 0.05) is 57.0 Å². The molecule has 0 amide bonds. The van der Waals surface area contributed by atoms with E-state index in [9.17, 15) is 8.42 Å². The molecule has 1 aromatic heterocycles. The second-order valence-corrected chi connectivity index (χ2v) is 9.35. The number of nitrogens with zero attached hydrogens (tertiary/aromatic N) is 4. The maximum Gasteiger partial charge on any atom is 0.213 e. The largest absolute Gasteiger partial charge is 0.491 e. The van der Waals surface area contributed by atoms with Crippen molar-refractivity contribution in [1.29, 1.82) is 0 Å². The first-order chi connectivity index (χ1) is 14.0. The van der Waals surface area contributed by atoms with E-state index in [0.29, 0.717) is 32.1 Å². The van der Waals surface area contributed by atoms with Gasteiger partial charge < -0.3 is 20.3 Å². The van der Waals surface area contributed by atoms with Gasteiger partial charge in [-0.25, -0.2) is 18.4 Å². The van der Waals surface area contributed by atoms with Crippen molar-refractivity contribution in [3.05, 3.63) is 30.6 Å². The number of fused-ring (bicyclic) bond motifs is 3. The first-order valence-corrected chi connectivity index (χ1v) is 11.4. The Morgan fingerprint density at radius 3 is 2.83 bits per heavy atom. The molecule has 1 aromatic carbocycles. The Balaban J connectivity index is 1.55. The number of sulfonamides is 1. The van der Waals surface area contributed by atoms with Crippen LogP contribution in [0, 0.1) is 0 Å². The molecule has 0 aliphatic carbocycles. The Morgan fingerprint density at radius 1 is 1.21 bits per heavy atom. The molecule has 1 saturated heterocycles. The Labute approximate surface area is 171 Å². The molecule has 1 fully saturated rings. The molecular formula is C19H26N6O3S. The van der Waals surface area contributed by atoms with Gasteiger partial charge in [-0.1, -0.05) is 0 Å². The number of nitrogens with one attached hydrogen (secondary N) is 2. The quantitative estimate of drug-likeness (QED) is 0.759. The van der Waals surface area contributed by atoms with Crippen LogP contribution >= 0.6 is 0 Å². The molecule has 0 saturated carbocycles. The van der Waals surface area contributed by atoms with Gasteiger partial charge in [0.2, 0.25) is 10.0 Å². The van der Waals surface area contributed by atoms with Gasteiger partial charge in [-0.3, -0.25) is 0 Å². The Morgan fingerprint density at radius 2 is 2.03 bits per heavy atom. The summed E-state index contributed by atoms with van der Waals surface area (Å²) in [5.74, 6) is 2.36. The highest BCUT2D eigenvalue weighted by atomic mass is 32.2. The molecule has 2 aliphatic rings. The van der Waals surface area contributed by atoms with Crippen LogP contribution in [0.1, 0.15) is 13.3 Å². The fourth-order valence-electron chi connectivity index (χ4n) is 3.79. The van der Waals surface area contributed by atoms with E-state index in [1.54, 1.807) is 11.2 Å². The zero-order chi connectivity index (χ0) is 20.4. The lowest BCUT2D eigenvalue weighted by molar-refractivity contribution is 0.279. The number of hydrogen-bond donors (Lipinski definition) is 2. The molecule has 3 heterocycles. The number of rotatable bonds is 5. The van der Waals surface area contributed by atoms with Crippen molar-refractivity contribution >= 4 is 33.0 Å². The standard InChI is InChI=1S/C19H26N6O3S/c1-3-29(26,27)24-7-8-25-15(12-24)6-9-28-17-10-14(4-5-16(17)25)23-19-11-18(20-2)21-13-22-19/h4-5,10-11,13,15H,3,6-9,12H2,1-2H3,(H2,20,21,22,23)/t15-/m0/s1. The zero-order valence-electron chi connectivity index (χ0n) is 16.6. The van der Waals surface area contributed by atoms with Crippen LogP contribution in [-0.2, 0) is 10.0 Å². The second kappa shape index (κ2) is 8.03. The monoisotopic (exact) mass is 418 g/mol. The highest BCUT2D eigenvalue weighted by molar-refractivity contribution is 7.89. The average molecular weight is 419 g/mol. The molecule has 1 atom stereocenters. The van der Waals surface area contributed by atoms with Crippen LogP contribution in [0.25, 0.3) is 0 Å². The molecular weight excluding hydrogens is 392 g/mol. The molecule has 2 N–H and O–H groups in total. The third-order valence-electron chi connectivity index (χ3n) is 5.38. The normalized spacial score (nSPS) is 19.5. The van der Waals surface area contributed by atoms with Crippen LogP contribution in [0.15, 0.2) is 30.6 Å². The second-order valence-electron chi connectivity index (χ2n) is 7.09. The van der Waals surface area contributed by atoms with E-state index >= 15 is 0 Å². The minimum Gasteiger partial charge on any atom is -0.491 e. The van der Waals surface area contributed by atoms with Gasteiger partial charge in [0.15, 0.2) is 0 Å². The van der Waals surface area contributed by atoms with Gasteiger partial charge in [-0.15, -0.1) is 0 Å². The summed E-state index contributed by atoms with van der Waals surface area (Å²) in [6.45, 7) is 3.91. The molecule has 29 heavy (non-hydrogen) atoms. The van der Waals surface area contributed by atoms with Crippen LogP contribution in [0.3, 0.4) is 0 Å². The van der Waals surface area contributed by atoms with Crippen LogP contribution in [0.5, 0.6) is 5.75 Å². The van der Waals surface area contributed by atoms with Gasteiger partial charge in [0.05, 0.1) is 18.0 Å². The summed E-state index contributed by atoms with van der Waals surface area (Å²) in [5, 5.41) is 6.27. The summed E-state index contributed by atoms with van der Waals surface area (Å²) in [4.78, 5) is 10.6. The van der Waals surface area contributed by atoms with E-state index in [1.165, 1.54) is 6.33 Å². The fourth-order valence-corrected chi connectivity index (χ4v) is 4.91. The molecule has 0 spiro atoms. The van der Waals surface area contributed by atoms with Crippen molar-refractivity contribution in [3.63, 3.8) is 0 Å². The Kier molecular flexibility index (Phi) is 5.46. The van der Waals surface area contributed by atoms with Crippen LogP contribution in [-0.4, -0.2) is 67.8 Å². The van der Waals surface area contributed by atoms with E-state index < -0.39 is 10.0 Å². The minimum atomic E-state index is -3.17. The summed E-state index contributed by atoms with van der Waals surface area (Å²) in [5.41, 5.74) is 1.88. The Bertz CT molecular complexity index is 984. The lowest BCUT2D eigenvalue weighted by atomic mass is 10.1. The number of ether oxygens (including phenoxy) is 1. The summed E-state index contributed by atoms with van der Waals surface area (Å²) in [6, 6.07) is 7.93. The van der Waals surface area contributed by atoms with Gasteiger partial charge in [0.1, 0.15) is 23.7 Å². The van der Waals surface area contributed by atoms with Gasteiger partial charge in [-0.05, 0) is 19.1 Å². The topological polar surface area (TPSA) is 99.7 Å². The van der Waals surface area contributed by atoms with Crippen molar-refractivity contribution in [1.82, 2.24) is 14.3 Å². The predicted octanol–water partition coefficient (Wildman–Crippen LogP) is 1.88. The third kappa shape index (κ3) is 4.08. The molecule has 2 aliphatic heterocycles. The average Bonchev–Trinajstić information content (AvgIpc) is 2.92. The summed E-state index contributed by atoms with van der Waals surface area (Å²) in [7, 11) is -1.36. The van der Waals surface area contributed by atoms with Crippen molar-refractivity contribution < 1.29 is 13.2 Å². The van der Waals surface area contributed by atoms with E-state index in [0.717, 1.165) is 29.4 Å². The van der Waals surface area contributed by atoms with Crippen molar-refractivity contribution in [3.8, 4) is 5.75 Å². The Hall–Kier alpha value is -2.59. The van der Waals surface area contributed by atoms with Crippen LogP contribution < -0.4 is 20.3 Å². The van der Waals surface area contributed by atoms with Gasteiger partial charge in [0.25, 0.3) is 0 Å². The molecule has 2 aromatic rings. The maximum atomic E-state index is 12.3. The smallest absolute Gasteiger partial charge is 0.213 e. The summed E-state index contributed by atoms with van der Waals surface area (Å²) in [6.07, 6.45) is 2.28. The molecule has 0 radical (unpaired) electrons. The first-order valence-electron chi connectivity index (χ1n) is 9.78. The van der Waals surface area contributed by atoms with Crippen LogP contribution in [0.4, 0.5) is 23.0 Å². The lowest BCUT2D eigenvalue weighted by Crippen LogP contribution is -2.55. The molecule has 0 unspecified atom stereocenters. The lowest BCUT2D eigenvalue weighted by Gasteiger charge is -2.41. The number of anilines is 4.